The summed E-state index contributed by atoms with van der Waals surface area (Å²) < 4.78 is 0. The van der Waals surface area contributed by atoms with E-state index < -0.39 is 5.97 Å². The summed E-state index contributed by atoms with van der Waals surface area (Å²) in [7, 11) is 0. The molecule has 0 aromatic heterocycles. The van der Waals surface area contributed by atoms with Gasteiger partial charge in [-0.2, -0.15) is 0 Å². The van der Waals surface area contributed by atoms with Gasteiger partial charge in [0, 0.05) is 16.7 Å². The smallest absolute Gasteiger partial charge is 0.335 e. The highest BCUT2D eigenvalue weighted by atomic mass is 16.4. The van der Waals surface area contributed by atoms with Crippen molar-refractivity contribution in [2.24, 2.45) is 0 Å². The van der Waals surface area contributed by atoms with Gasteiger partial charge in [-0.1, -0.05) is 17.9 Å². The molecule has 3 nitrogen and oxygen atoms in total. The molecule has 3 heteroatoms. The highest BCUT2D eigenvalue weighted by molar-refractivity contribution is 5.95. The van der Waals surface area contributed by atoms with Crippen LogP contribution in [0.1, 0.15) is 44.3 Å². The van der Waals surface area contributed by atoms with Crippen molar-refractivity contribution in [3.63, 3.8) is 0 Å². The maximum absolute atomic E-state index is 11.5. The number of hydrogen-bond acceptors (Lipinski definition) is 2. The van der Waals surface area contributed by atoms with E-state index in [1.54, 1.807) is 18.2 Å². The van der Waals surface area contributed by atoms with Crippen molar-refractivity contribution in [3.8, 4) is 11.8 Å². The van der Waals surface area contributed by atoms with Crippen LogP contribution in [0.4, 0.5) is 0 Å². The molecule has 0 fully saturated rings. The molecule has 1 N–H and O–H groups in total. The lowest BCUT2D eigenvalue weighted by molar-refractivity contribution is 0.0696. The first-order valence-corrected chi connectivity index (χ1v) is 6.44. The van der Waals surface area contributed by atoms with Crippen LogP contribution < -0.4 is 0 Å². The van der Waals surface area contributed by atoms with E-state index in [2.05, 4.69) is 11.8 Å². The van der Waals surface area contributed by atoms with Crippen LogP contribution in [0.5, 0.6) is 0 Å². The second-order valence-corrected chi connectivity index (χ2v) is 4.72. The number of hydrogen-bond donors (Lipinski definition) is 1. The fraction of sp³-hybridized carbons (Fsp3) is 0.111. The van der Waals surface area contributed by atoms with Crippen LogP contribution in [0.2, 0.25) is 0 Å². The summed E-state index contributed by atoms with van der Waals surface area (Å²) in [6.45, 7) is 3.42. The number of carboxylic acids is 1. The standard InChI is InChI=1S/C18H14O3/c1-12-3-4-15(11-17(12)13(2)19)6-5-14-7-9-16(10-8-14)18(20)21/h3-4,7-11H,1-2H3,(H,20,21). The number of aromatic carboxylic acids is 1. The molecule has 0 aliphatic carbocycles. The summed E-state index contributed by atoms with van der Waals surface area (Å²) in [4.78, 5) is 22.2. The maximum Gasteiger partial charge on any atom is 0.335 e. The van der Waals surface area contributed by atoms with Crippen LogP contribution in [-0.2, 0) is 0 Å². The third kappa shape index (κ3) is 3.58. The number of rotatable bonds is 2. The molecule has 0 saturated heterocycles. The van der Waals surface area contributed by atoms with Gasteiger partial charge in [0.25, 0.3) is 0 Å². The van der Waals surface area contributed by atoms with E-state index >= 15 is 0 Å². The van der Waals surface area contributed by atoms with Crippen LogP contribution in [0, 0.1) is 18.8 Å². The summed E-state index contributed by atoms with van der Waals surface area (Å²) in [5, 5.41) is 8.82. The fourth-order valence-corrected chi connectivity index (χ4v) is 1.92. The minimum absolute atomic E-state index is 0.0157. The maximum atomic E-state index is 11.5. The molecule has 0 spiro atoms. The Morgan fingerprint density at radius 1 is 0.952 bits per heavy atom. The average Bonchev–Trinajstić information content (AvgIpc) is 2.46. The van der Waals surface area contributed by atoms with E-state index in [0.717, 1.165) is 16.7 Å². The van der Waals surface area contributed by atoms with Crippen molar-refractivity contribution in [1.29, 1.82) is 0 Å². The lowest BCUT2D eigenvalue weighted by atomic mass is 10.0. The summed E-state index contributed by atoms with van der Waals surface area (Å²) in [6.07, 6.45) is 0. The van der Waals surface area contributed by atoms with Gasteiger partial charge in [0.2, 0.25) is 0 Å². The predicted molar refractivity (Wildman–Crippen MR) is 80.6 cm³/mol. The average molecular weight is 278 g/mol. The lowest BCUT2D eigenvalue weighted by Crippen LogP contribution is -1.96. The molecule has 0 aliphatic heterocycles. The van der Waals surface area contributed by atoms with E-state index in [9.17, 15) is 9.59 Å². The molecule has 0 radical (unpaired) electrons. The van der Waals surface area contributed by atoms with Gasteiger partial charge in [-0.25, -0.2) is 4.79 Å². The lowest BCUT2D eigenvalue weighted by Gasteiger charge is -2.01. The third-order valence-electron chi connectivity index (χ3n) is 3.10. The van der Waals surface area contributed by atoms with Crippen LogP contribution in [0.25, 0.3) is 0 Å². The van der Waals surface area contributed by atoms with Crippen molar-refractivity contribution in [3.05, 3.63) is 70.3 Å². The summed E-state index contributed by atoms with van der Waals surface area (Å²) in [5.74, 6) is 5.00. The topological polar surface area (TPSA) is 54.4 Å². The Morgan fingerprint density at radius 3 is 2.10 bits per heavy atom. The highest BCUT2D eigenvalue weighted by Crippen LogP contribution is 2.11. The largest absolute Gasteiger partial charge is 0.478 e. The zero-order valence-electron chi connectivity index (χ0n) is 11.8. The molecule has 2 aromatic rings. The first-order chi connectivity index (χ1) is 9.97. The molecule has 0 heterocycles. The molecule has 0 atom stereocenters. The van der Waals surface area contributed by atoms with Crippen LogP contribution in [0.3, 0.4) is 0 Å². The SMILES string of the molecule is CC(=O)c1cc(C#Cc2ccc(C(=O)O)cc2)ccc1C. The number of Topliss-reactive ketones (excluding diaryl/α,β-unsaturated/α-hetero) is 1. The quantitative estimate of drug-likeness (QED) is 0.677. The van der Waals surface area contributed by atoms with Crippen molar-refractivity contribution in [2.45, 2.75) is 13.8 Å². The van der Waals surface area contributed by atoms with E-state index in [1.807, 2.05) is 19.1 Å². The Hall–Kier alpha value is -2.86. The second kappa shape index (κ2) is 6.06. The Kier molecular flexibility index (Phi) is 4.20. The third-order valence-corrected chi connectivity index (χ3v) is 3.10. The summed E-state index contributed by atoms with van der Waals surface area (Å²) in [6, 6.07) is 11.9. The first kappa shape index (κ1) is 14.5. The molecule has 0 amide bonds. The van der Waals surface area contributed by atoms with E-state index in [0.29, 0.717) is 5.56 Å². The van der Waals surface area contributed by atoms with Crippen LogP contribution >= 0.6 is 0 Å². The predicted octanol–water partition coefficient (Wildman–Crippen LogP) is 3.30. The van der Waals surface area contributed by atoms with Gasteiger partial charge < -0.3 is 5.11 Å². The van der Waals surface area contributed by atoms with Crippen molar-refractivity contribution in [1.82, 2.24) is 0 Å². The molecule has 2 aromatic carbocycles. The number of carboxylic acid groups (broad SMARTS) is 1. The van der Waals surface area contributed by atoms with Gasteiger partial charge in [0.05, 0.1) is 5.56 Å². The molecule has 0 saturated carbocycles. The number of ketones is 1. The Bertz CT molecular complexity index is 759. The Labute approximate surface area is 123 Å². The monoisotopic (exact) mass is 278 g/mol. The number of aryl methyl sites for hydroxylation is 1. The van der Waals surface area contributed by atoms with Crippen LogP contribution in [-0.4, -0.2) is 16.9 Å². The van der Waals surface area contributed by atoms with E-state index in [-0.39, 0.29) is 11.3 Å². The summed E-state index contributed by atoms with van der Waals surface area (Å²) >= 11 is 0. The number of carbonyl (C=O) groups is 2. The zero-order chi connectivity index (χ0) is 15.4. The second-order valence-electron chi connectivity index (χ2n) is 4.72. The normalized spacial score (nSPS) is 9.62. The van der Waals surface area contributed by atoms with E-state index in [1.165, 1.54) is 19.1 Å². The molecule has 21 heavy (non-hydrogen) atoms. The molecule has 0 unspecified atom stereocenters. The molecular weight excluding hydrogens is 264 g/mol. The summed E-state index contributed by atoms with van der Waals surface area (Å²) in [5.41, 5.74) is 3.31. The molecule has 104 valence electrons. The minimum atomic E-state index is -0.959. The number of benzene rings is 2. The van der Waals surface area contributed by atoms with Crippen molar-refractivity contribution >= 4 is 11.8 Å². The molecule has 2 rings (SSSR count). The minimum Gasteiger partial charge on any atom is -0.478 e. The van der Waals surface area contributed by atoms with Crippen molar-refractivity contribution < 1.29 is 14.7 Å². The van der Waals surface area contributed by atoms with Crippen LogP contribution in [0.15, 0.2) is 42.5 Å². The Balaban J connectivity index is 2.28. The van der Waals surface area contributed by atoms with E-state index in [4.69, 9.17) is 5.11 Å². The fourth-order valence-electron chi connectivity index (χ4n) is 1.92. The van der Waals surface area contributed by atoms with Gasteiger partial charge in [-0.15, -0.1) is 0 Å². The van der Waals surface area contributed by atoms with Gasteiger partial charge in [-0.05, 0) is 55.8 Å². The molecule has 0 bridgehead atoms. The molecular formula is C18H14O3. The van der Waals surface area contributed by atoms with Gasteiger partial charge >= 0.3 is 5.97 Å². The zero-order valence-corrected chi connectivity index (χ0v) is 11.8. The van der Waals surface area contributed by atoms with Crippen molar-refractivity contribution in [2.75, 3.05) is 0 Å². The molecule has 0 aliphatic rings. The van der Waals surface area contributed by atoms with Gasteiger partial charge in [0.1, 0.15) is 0 Å². The van der Waals surface area contributed by atoms with Gasteiger partial charge in [0.15, 0.2) is 5.78 Å². The highest BCUT2D eigenvalue weighted by Gasteiger charge is 2.04. The van der Waals surface area contributed by atoms with Gasteiger partial charge in [-0.3, -0.25) is 4.79 Å². The first-order valence-electron chi connectivity index (χ1n) is 6.44. The number of carbonyl (C=O) groups excluding carboxylic acids is 1. The Morgan fingerprint density at radius 2 is 1.52 bits per heavy atom.